The van der Waals surface area contributed by atoms with Crippen molar-refractivity contribution in [3.63, 3.8) is 0 Å². The molecule has 0 unspecified atom stereocenters. The summed E-state index contributed by atoms with van der Waals surface area (Å²) in [6.45, 7) is 6.04. The van der Waals surface area contributed by atoms with Crippen LogP contribution >= 0.6 is 0 Å². The summed E-state index contributed by atoms with van der Waals surface area (Å²) in [5.41, 5.74) is 3.31. The van der Waals surface area contributed by atoms with Crippen LogP contribution < -0.4 is 4.74 Å². The summed E-state index contributed by atoms with van der Waals surface area (Å²) < 4.78 is 7.81. The zero-order valence-electron chi connectivity index (χ0n) is 16.5. The summed E-state index contributed by atoms with van der Waals surface area (Å²) >= 11 is 0. The topological polar surface area (TPSA) is 50.6 Å². The molecular formula is C22H26N4O2. The molecule has 1 fully saturated rings. The Hall–Kier alpha value is -2.86. The van der Waals surface area contributed by atoms with Crippen molar-refractivity contribution in [2.45, 2.75) is 13.5 Å². The molecule has 1 aliphatic heterocycles. The van der Waals surface area contributed by atoms with Crippen LogP contribution in [0.2, 0.25) is 0 Å². The number of imidazole rings is 1. The van der Waals surface area contributed by atoms with Crippen LogP contribution in [0.3, 0.4) is 0 Å². The fourth-order valence-corrected chi connectivity index (χ4v) is 3.63. The van der Waals surface area contributed by atoms with Crippen LogP contribution in [0.25, 0.3) is 11.0 Å². The van der Waals surface area contributed by atoms with Crippen molar-refractivity contribution in [3.8, 4) is 5.75 Å². The molecular weight excluding hydrogens is 352 g/mol. The monoisotopic (exact) mass is 378 g/mol. The minimum absolute atomic E-state index is 0.0453. The average Bonchev–Trinajstić information content (AvgIpc) is 3.02. The zero-order valence-corrected chi connectivity index (χ0v) is 16.5. The van der Waals surface area contributed by atoms with E-state index in [4.69, 9.17) is 9.72 Å². The number of hydrogen-bond acceptors (Lipinski definition) is 4. The van der Waals surface area contributed by atoms with Gasteiger partial charge in [0.1, 0.15) is 11.6 Å². The molecule has 0 atom stereocenters. The molecule has 0 bridgehead atoms. The van der Waals surface area contributed by atoms with Crippen LogP contribution in [0, 0.1) is 6.92 Å². The highest BCUT2D eigenvalue weighted by atomic mass is 16.5. The number of carbonyl (C=O) groups is 1. The molecule has 0 aliphatic carbocycles. The molecule has 0 radical (unpaired) electrons. The molecule has 146 valence electrons. The zero-order chi connectivity index (χ0) is 19.5. The molecule has 1 aromatic heterocycles. The first-order chi connectivity index (χ1) is 13.6. The third-order valence-electron chi connectivity index (χ3n) is 5.32. The van der Waals surface area contributed by atoms with Crippen molar-refractivity contribution in [1.29, 1.82) is 0 Å². The summed E-state index contributed by atoms with van der Waals surface area (Å²) in [6.07, 6.45) is 0. The Morgan fingerprint density at radius 1 is 1.07 bits per heavy atom. The molecule has 6 nitrogen and oxygen atoms in total. The number of carbonyl (C=O) groups excluding carboxylic acids is 1. The van der Waals surface area contributed by atoms with Gasteiger partial charge in [-0.15, -0.1) is 0 Å². The Kier molecular flexibility index (Phi) is 5.30. The molecule has 2 heterocycles. The predicted octanol–water partition coefficient (Wildman–Crippen LogP) is 2.60. The van der Waals surface area contributed by atoms with Gasteiger partial charge in [0.25, 0.3) is 5.91 Å². The number of hydrogen-bond donors (Lipinski definition) is 0. The third-order valence-corrected chi connectivity index (χ3v) is 5.32. The van der Waals surface area contributed by atoms with Gasteiger partial charge in [-0.1, -0.05) is 24.3 Å². The quantitative estimate of drug-likeness (QED) is 0.685. The van der Waals surface area contributed by atoms with Crippen LogP contribution in [0.15, 0.2) is 48.5 Å². The second-order valence-electron chi connectivity index (χ2n) is 7.34. The number of amides is 1. The van der Waals surface area contributed by atoms with Crippen molar-refractivity contribution in [2.75, 3.05) is 32.8 Å². The molecule has 0 saturated carbocycles. The van der Waals surface area contributed by atoms with E-state index in [1.54, 1.807) is 0 Å². The lowest BCUT2D eigenvalue weighted by atomic mass is 10.2. The first-order valence-electron chi connectivity index (χ1n) is 9.70. The maximum atomic E-state index is 12.5. The van der Waals surface area contributed by atoms with E-state index in [-0.39, 0.29) is 12.5 Å². The molecule has 3 aromatic rings. The Bertz CT molecular complexity index is 974. The Balaban J connectivity index is 1.29. The summed E-state index contributed by atoms with van der Waals surface area (Å²) in [5, 5.41) is 0. The van der Waals surface area contributed by atoms with Crippen LogP contribution in [0.4, 0.5) is 0 Å². The number of nitrogens with zero attached hydrogens (tertiary/aromatic N) is 4. The fraction of sp³-hybridized carbons (Fsp3) is 0.364. The fourth-order valence-electron chi connectivity index (χ4n) is 3.63. The number of aromatic nitrogens is 2. The Morgan fingerprint density at radius 3 is 2.61 bits per heavy atom. The number of para-hydroxylation sites is 2. The van der Waals surface area contributed by atoms with Crippen molar-refractivity contribution in [1.82, 2.24) is 19.4 Å². The molecule has 4 rings (SSSR count). The number of aryl methyl sites for hydroxylation is 2. The van der Waals surface area contributed by atoms with Gasteiger partial charge in [-0.2, -0.15) is 0 Å². The number of benzene rings is 2. The summed E-state index contributed by atoms with van der Waals surface area (Å²) in [4.78, 5) is 21.5. The predicted molar refractivity (Wildman–Crippen MR) is 109 cm³/mol. The molecule has 1 amide bonds. The molecule has 1 saturated heterocycles. The van der Waals surface area contributed by atoms with Crippen molar-refractivity contribution in [2.24, 2.45) is 7.05 Å². The van der Waals surface area contributed by atoms with E-state index in [2.05, 4.69) is 22.6 Å². The van der Waals surface area contributed by atoms with Gasteiger partial charge >= 0.3 is 0 Å². The van der Waals surface area contributed by atoms with Crippen LogP contribution in [0.5, 0.6) is 5.75 Å². The average molecular weight is 378 g/mol. The highest BCUT2D eigenvalue weighted by Crippen LogP contribution is 2.17. The molecule has 28 heavy (non-hydrogen) atoms. The standard InChI is InChI=1S/C22H26N4O2/c1-17-6-5-7-18(14-17)28-16-22(27)26-12-10-25(11-13-26)15-21-23-19-8-3-4-9-20(19)24(21)2/h3-9,14H,10-13,15-16H2,1-2H3. The van der Waals surface area contributed by atoms with E-state index in [0.717, 1.165) is 60.9 Å². The van der Waals surface area contributed by atoms with Crippen LogP contribution in [-0.2, 0) is 18.4 Å². The van der Waals surface area contributed by atoms with Gasteiger partial charge in [-0.25, -0.2) is 4.98 Å². The summed E-state index contributed by atoms with van der Waals surface area (Å²) in [7, 11) is 2.06. The molecule has 1 aliphatic rings. The molecule has 0 N–H and O–H groups in total. The van der Waals surface area contributed by atoms with Gasteiger partial charge in [0, 0.05) is 33.2 Å². The number of ether oxygens (including phenoxy) is 1. The lowest BCUT2D eigenvalue weighted by Gasteiger charge is -2.34. The highest BCUT2D eigenvalue weighted by molar-refractivity contribution is 5.78. The van der Waals surface area contributed by atoms with Gasteiger partial charge in [-0.3, -0.25) is 9.69 Å². The van der Waals surface area contributed by atoms with E-state index in [1.807, 2.05) is 54.3 Å². The highest BCUT2D eigenvalue weighted by Gasteiger charge is 2.22. The minimum atomic E-state index is 0.0453. The van der Waals surface area contributed by atoms with Gasteiger partial charge in [0.15, 0.2) is 6.61 Å². The van der Waals surface area contributed by atoms with Crippen LogP contribution in [0.1, 0.15) is 11.4 Å². The Morgan fingerprint density at radius 2 is 1.86 bits per heavy atom. The molecule has 0 spiro atoms. The maximum Gasteiger partial charge on any atom is 0.260 e. The van der Waals surface area contributed by atoms with Crippen molar-refractivity contribution < 1.29 is 9.53 Å². The van der Waals surface area contributed by atoms with Crippen LogP contribution in [-0.4, -0.2) is 58.0 Å². The normalized spacial score (nSPS) is 15.1. The lowest BCUT2D eigenvalue weighted by molar-refractivity contribution is -0.135. The first kappa shape index (κ1) is 18.5. The number of fused-ring (bicyclic) bond motifs is 1. The largest absolute Gasteiger partial charge is 0.484 e. The number of rotatable bonds is 5. The van der Waals surface area contributed by atoms with E-state index in [0.29, 0.717) is 0 Å². The third kappa shape index (κ3) is 4.02. The van der Waals surface area contributed by atoms with Gasteiger partial charge < -0.3 is 14.2 Å². The van der Waals surface area contributed by atoms with E-state index in [1.165, 1.54) is 0 Å². The van der Waals surface area contributed by atoms with Gasteiger partial charge in [0.2, 0.25) is 0 Å². The summed E-state index contributed by atoms with van der Waals surface area (Å²) in [6, 6.07) is 16.0. The summed E-state index contributed by atoms with van der Waals surface area (Å²) in [5.74, 6) is 1.85. The molecule has 6 heteroatoms. The van der Waals surface area contributed by atoms with E-state index < -0.39 is 0 Å². The lowest BCUT2D eigenvalue weighted by Crippen LogP contribution is -2.49. The Labute approximate surface area is 165 Å². The smallest absolute Gasteiger partial charge is 0.260 e. The van der Waals surface area contributed by atoms with Crippen molar-refractivity contribution >= 4 is 16.9 Å². The second kappa shape index (κ2) is 8.02. The second-order valence-corrected chi connectivity index (χ2v) is 7.34. The SMILES string of the molecule is Cc1cccc(OCC(=O)N2CCN(Cc3nc4ccccc4n3C)CC2)c1. The van der Waals surface area contributed by atoms with Gasteiger partial charge in [0.05, 0.1) is 17.6 Å². The van der Waals surface area contributed by atoms with Gasteiger partial charge in [-0.05, 0) is 36.8 Å². The van der Waals surface area contributed by atoms with Crippen molar-refractivity contribution in [3.05, 3.63) is 59.9 Å². The maximum absolute atomic E-state index is 12.5. The minimum Gasteiger partial charge on any atom is -0.484 e. The number of piperazine rings is 1. The van der Waals surface area contributed by atoms with E-state index in [9.17, 15) is 4.79 Å². The van der Waals surface area contributed by atoms with E-state index >= 15 is 0 Å². The molecule has 2 aromatic carbocycles. The first-order valence-corrected chi connectivity index (χ1v) is 9.70.